The number of carbonyl (C=O) groups is 4. The Bertz CT molecular complexity index is 1280. The Labute approximate surface area is 284 Å². The Morgan fingerprint density at radius 2 is 1.65 bits per heavy atom. The molecule has 5 unspecified atom stereocenters. The van der Waals surface area contributed by atoms with E-state index in [0.29, 0.717) is 37.2 Å². The molecule has 0 radical (unpaired) electrons. The van der Waals surface area contributed by atoms with Crippen LogP contribution in [0.3, 0.4) is 0 Å². The highest BCUT2D eigenvalue weighted by atomic mass is 16.7. The largest absolute Gasteiger partial charge is 0.481 e. The van der Waals surface area contributed by atoms with Crippen molar-refractivity contribution in [1.82, 2.24) is 0 Å². The Morgan fingerprint density at radius 3 is 2.27 bits per heavy atom. The number of esters is 1. The lowest BCUT2D eigenvalue weighted by Gasteiger charge is -2.53. The summed E-state index contributed by atoms with van der Waals surface area (Å²) in [5.41, 5.74) is 0.418. The molecule has 2 aliphatic rings. The van der Waals surface area contributed by atoms with Crippen molar-refractivity contribution in [3.05, 3.63) is 59.8 Å². The van der Waals surface area contributed by atoms with Crippen LogP contribution in [0.2, 0.25) is 0 Å². The van der Waals surface area contributed by atoms with Gasteiger partial charge in [-0.3, -0.25) is 9.59 Å². The van der Waals surface area contributed by atoms with Gasteiger partial charge in [-0.1, -0.05) is 69.7 Å². The van der Waals surface area contributed by atoms with Crippen molar-refractivity contribution < 1.29 is 53.8 Å². The zero-order valence-corrected chi connectivity index (χ0v) is 29.1. The SMILES string of the molecule is CC(C=CC(O)C(C)C=CC(=O)O)=CCC1O[C@@]2(CCC1C)C[C@@](CCC(C)C)(OC(=O)CCC(=O)O)CC(C=CC(C)=CC(=O)O)O2. The number of carboxylic acids is 3. The second-order valence-electron chi connectivity index (χ2n) is 13.8. The van der Waals surface area contributed by atoms with Crippen molar-refractivity contribution in [2.45, 2.75) is 129 Å². The fraction of sp³-hybridized carbons (Fsp3) is 0.622. The molecule has 0 amide bonds. The van der Waals surface area contributed by atoms with Crippen LogP contribution in [-0.4, -0.2) is 74.0 Å². The van der Waals surface area contributed by atoms with Crippen molar-refractivity contribution in [3.8, 4) is 0 Å². The number of aliphatic carboxylic acids is 3. The average Bonchev–Trinajstić information content (AvgIpc) is 2.99. The van der Waals surface area contributed by atoms with Crippen molar-refractivity contribution in [2.24, 2.45) is 17.8 Å². The van der Waals surface area contributed by atoms with E-state index < -0.39 is 47.5 Å². The number of aliphatic hydroxyl groups is 1. The lowest BCUT2D eigenvalue weighted by atomic mass is 9.76. The first-order valence-corrected chi connectivity index (χ1v) is 16.8. The molecule has 2 aliphatic heterocycles. The minimum Gasteiger partial charge on any atom is -0.481 e. The first-order chi connectivity index (χ1) is 22.4. The summed E-state index contributed by atoms with van der Waals surface area (Å²) >= 11 is 0. The maximum absolute atomic E-state index is 13.0. The zero-order chi connectivity index (χ0) is 36.1. The second kappa shape index (κ2) is 18.9. The van der Waals surface area contributed by atoms with Crippen LogP contribution in [0, 0.1) is 17.8 Å². The normalized spacial score (nSPS) is 28.4. The van der Waals surface area contributed by atoms with E-state index in [4.69, 9.17) is 24.4 Å². The monoisotopic (exact) mass is 674 g/mol. The number of rotatable bonds is 17. The lowest BCUT2D eigenvalue weighted by molar-refractivity contribution is -0.342. The van der Waals surface area contributed by atoms with Crippen LogP contribution < -0.4 is 0 Å². The molecule has 7 atom stereocenters. The molecule has 48 heavy (non-hydrogen) atoms. The third kappa shape index (κ3) is 14.3. The number of aliphatic hydroxyl groups excluding tert-OH is 1. The summed E-state index contributed by atoms with van der Waals surface area (Å²) < 4.78 is 19.7. The molecular formula is C37H54O11. The number of carboxylic acid groups (broad SMARTS) is 3. The molecule has 268 valence electrons. The molecule has 11 nitrogen and oxygen atoms in total. The van der Waals surface area contributed by atoms with E-state index in [0.717, 1.165) is 30.6 Å². The molecular weight excluding hydrogens is 620 g/mol. The first-order valence-electron chi connectivity index (χ1n) is 16.8. The number of allylic oxidation sites excluding steroid dienone is 4. The number of hydrogen-bond acceptors (Lipinski definition) is 8. The van der Waals surface area contributed by atoms with Crippen LogP contribution >= 0.6 is 0 Å². The topological polar surface area (TPSA) is 177 Å². The summed E-state index contributed by atoms with van der Waals surface area (Å²) in [5, 5.41) is 37.6. The van der Waals surface area contributed by atoms with E-state index >= 15 is 0 Å². The molecule has 0 bridgehead atoms. The molecule has 4 N–H and O–H groups in total. The quantitative estimate of drug-likeness (QED) is 0.0765. The van der Waals surface area contributed by atoms with Gasteiger partial charge in [0.15, 0.2) is 5.79 Å². The fourth-order valence-corrected chi connectivity index (χ4v) is 6.00. The predicted molar refractivity (Wildman–Crippen MR) is 180 cm³/mol. The molecule has 2 saturated heterocycles. The smallest absolute Gasteiger partial charge is 0.328 e. The van der Waals surface area contributed by atoms with Gasteiger partial charge in [-0.05, 0) is 56.9 Å². The van der Waals surface area contributed by atoms with Gasteiger partial charge in [0.1, 0.15) is 5.60 Å². The zero-order valence-electron chi connectivity index (χ0n) is 29.1. The van der Waals surface area contributed by atoms with Gasteiger partial charge in [-0.15, -0.1) is 0 Å². The third-order valence-corrected chi connectivity index (χ3v) is 8.80. The van der Waals surface area contributed by atoms with Crippen molar-refractivity contribution in [2.75, 3.05) is 0 Å². The standard InChI is InChI=1S/C37H54O11/c1-24(2)17-19-36(48-35(45)16-15-33(41)42)22-29(11-7-26(4)21-34(43)44)46-37(23-36)20-18-28(6)31(47-37)13-9-25(3)8-12-30(38)27(5)10-14-32(39)40/h7-12,14,21,24,27-31,38H,13,15-20,22-23H2,1-6H3,(H,39,40)(H,41,42)(H,43,44)/t27?,28?,29?,30?,31?,36-,37-/m0/s1. The Kier molecular flexibility index (Phi) is 16.0. The van der Waals surface area contributed by atoms with E-state index in [1.165, 1.54) is 6.08 Å². The van der Waals surface area contributed by atoms with Gasteiger partial charge in [0.2, 0.25) is 0 Å². The first kappa shape index (κ1) is 40.6. The molecule has 0 saturated carbocycles. The number of carbonyl (C=O) groups excluding carboxylic acids is 1. The molecule has 0 aromatic carbocycles. The van der Waals surface area contributed by atoms with E-state index in [9.17, 15) is 29.4 Å². The number of ether oxygens (including phenoxy) is 3. The molecule has 1 spiro atoms. The fourth-order valence-electron chi connectivity index (χ4n) is 6.00. The average molecular weight is 675 g/mol. The Balaban J connectivity index is 2.38. The van der Waals surface area contributed by atoms with Gasteiger partial charge in [0.05, 0.1) is 31.2 Å². The van der Waals surface area contributed by atoms with Crippen LogP contribution in [0.1, 0.15) is 99.3 Å². The molecule has 0 aromatic heterocycles. The van der Waals surface area contributed by atoms with Gasteiger partial charge < -0.3 is 34.6 Å². The van der Waals surface area contributed by atoms with Crippen molar-refractivity contribution >= 4 is 23.9 Å². The van der Waals surface area contributed by atoms with Crippen LogP contribution in [0.5, 0.6) is 0 Å². The minimum atomic E-state index is -1.10. The van der Waals surface area contributed by atoms with Gasteiger partial charge in [-0.25, -0.2) is 9.59 Å². The van der Waals surface area contributed by atoms with E-state index in [1.54, 1.807) is 38.2 Å². The van der Waals surface area contributed by atoms with Gasteiger partial charge in [-0.2, -0.15) is 0 Å². The highest BCUT2D eigenvalue weighted by Gasteiger charge is 2.54. The van der Waals surface area contributed by atoms with Crippen molar-refractivity contribution in [1.29, 1.82) is 0 Å². The highest BCUT2D eigenvalue weighted by molar-refractivity contribution is 5.81. The molecule has 2 fully saturated rings. The summed E-state index contributed by atoms with van der Waals surface area (Å²) in [7, 11) is 0. The summed E-state index contributed by atoms with van der Waals surface area (Å²) in [6.45, 7) is 11.6. The van der Waals surface area contributed by atoms with Crippen LogP contribution in [-0.2, 0) is 33.4 Å². The van der Waals surface area contributed by atoms with Gasteiger partial charge >= 0.3 is 23.9 Å². The lowest BCUT2D eigenvalue weighted by Crippen LogP contribution is -2.58. The predicted octanol–water partition coefficient (Wildman–Crippen LogP) is 6.38. The van der Waals surface area contributed by atoms with Crippen LogP contribution in [0.4, 0.5) is 0 Å². The van der Waals surface area contributed by atoms with Crippen LogP contribution in [0.25, 0.3) is 0 Å². The minimum absolute atomic E-state index is 0.180. The molecule has 0 aromatic rings. The van der Waals surface area contributed by atoms with Crippen molar-refractivity contribution in [3.63, 3.8) is 0 Å². The molecule has 0 aliphatic carbocycles. The molecule has 11 heteroatoms. The van der Waals surface area contributed by atoms with Crippen LogP contribution in [0.15, 0.2) is 59.8 Å². The maximum atomic E-state index is 13.0. The summed E-state index contributed by atoms with van der Waals surface area (Å²) in [4.78, 5) is 46.2. The molecule has 2 heterocycles. The van der Waals surface area contributed by atoms with Gasteiger partial charge in [0, 0.05) is 37.3 Å². The maximum Gasteiger partial charge on any atom is 0.328 e. The number of hydrogen-bond donors (Lipinski definition) is 4. The van der Waals surface area contributed by atoms with Gasteiger partial charge in [0.25, 0.3) is 0 Å². The Hall–Kier alpha value is -3.54. The second-order valence-corrected chi connectivity index (χ2v) is 13.8. The van der Waals surface area contributed by atoms with E-state index in [1.807, 2.05) is 13.0 Å². The summed E-state index contributed by atoms with van der Waals surface area (Å²) in [5.74, 6) is -4.81. The Morgan fingerprint density at radius 1 is 0.938 bits per heavy atom. The van der Waals surface area contributed by atoms with E-state index in [-0.39, 0.29) is 37.2 Å². The summed E-state index contributed by atoms with van der Waals surface area (Å²) in [6.07, 6.45) is 13.9. The molecule has 2 rings (SSSR count). The van der Waals surface area contributed by atoms with E-state index in [2.05, 4.69) is 20.8 Å². The summed E-state index contributed by atoms with van der Waals surface area (Å²) in [6, 6.07) is 0. The highest BCUT2D eigenvalue weighted by Crippen LogP contribution is 2.49. The third-order valence-electron chi connectivity index (χ3n) is 8.80.